The van der Waals surface area contributed by atoms with E-state index in [0.29, 0.717) is 0 Å². The third-order valence-corrected chi connectivity index (χ3v) is 4.67. The first-order valence-electron chi connectivity index (χ1n) is 5.51. The number of rotatable bonds is 2. The average molecular weight is 288 g/mol. The van der Waals surface area contributed by atoms with Crippen LogP contribution in [0.3, 0.4) is 0 Å². The van der Waals surface area contributed by atoms with Crippen molar-refractivity contribution in [2.24, 2.45) is 0 Å². The van der Waals surface area contributed by atoms with Crippen LogP contribution in [0.2, 0.25) is 0 Å². The number of sulfone groups is 1. The predicted molar refractivity (Wildman–Crippen MR) is 62.6 cm³/mol. The van der Waals surface area contributed by atoms with E-state index in [1.165, 1.54) is 4.90 Å². The van der Waals surface area contributed by atoms with E-state index < -0.39 is 33.5 Å². The Morgan fingerprint density at radius 1 is 1.53 bits per heavy atom. The molecule has 9 heteroatoms. The Bertz CT molecular complexity index is 620. The second kappa shape index (κ2) is 4.65. The van der Waals surface area contributed by atoms with Gasteiger partial charge >= 0.3 is 5.97 Å². The van der Waals surface area contributed by atoms with Gasteiger partial charge < -0.3 is 14.5 Å². The Labute approximate surface area is 108 Å². The van der Waals surface area contributed by atoms with Crippen LogP contribution >= 0.6 is 0 Å². The van der Waals surface area contributed by atoms with Crippen molar-refractivity contribution in [1.82, 2.24) is 10.1 Å². The summed E-state index contributed by atoms with van der Waals surface area (Å²) >= 11 is 0. The maximum Gasteiger partial charge on any atom is 0.374 e. The fraction of sp³-hybridized carbons (Fsp3) is 0.500. The molecule has 1 aliphatic rings. The van der Waals surface area contributed by atoms with Crippen molar-refractivity contribution in [3.8, 4) is 0 Å². The summed E-state index contributed by atoms with van der Waals surface area (Å²) in [7, 11) is -3.12. The summed E-state index contributed by atoms with van der Waals surface area (Å²) in [5.41, 5.74) is -0.136. The number of carbonyl (C=O) groups excluding carboxylic acids is 1. The lowest BCUT2D eigenvalue weighted by molar-refractivity contribution is 0.0645. The van der Waals surface area contributed by atoms with E-state index in [0.717, 1.165) is 6.07 Å². The number of carboxylic acid groups (broad SMARTS) is 1. The topological polar surface area (TPSA) is 118 Å². The van der Waals surface area contributed by atoms with Crippen LogP contribution in [0.5, 0.6) is 0 Å². The van der Waals surface area contributed by atoms with Gasteiger partial charge in [-0.2, -0.15) is 0 Å². The first kappa shape index (κ1) is 13.5. The third kappa shape index (κ3) is 2.75. The molecule has 8 nitrogen and oxygen atoms in total. The van der Waals surface area contributed by atoms with Crippen molar-refractivity contribution in [2.45, 2.75) is 13.0 Å². The number of nitrogens with zero attached hydrogens (tertiary/aromatic N) is 2. The maximum absolute atomic E-state index is 12.1. The molecule has 1 aromatic rings. The van der Waals surface area contributed by atoms with E-state index in [-0.39, 0.29) is 23.7 Å². The van der Waals surface area contributed by atoms with Crippen molar-refractivity contribution < 1.29 is 27.6 Å². The number of amides is 1. The van der Waals surface area contributed by atoms with Gasteiger partial charge in [-0.3, -0.25) is 4.79 Å². The molecule has 1 amide bonds. The number of hydrogen-bond donors (Lipinski definition) is 1. The average Bonchev–Trinajstić information content (AvgIpc) is 2.76. The van der Waals surface area contributed by atoms with E-state index >= 15 is 0 Å². The SMILES string of the molecule is CC1CS(=O)(=O)CCN1C(=O)c1cc(C(=O)O)on1. The van der Waals surface area contributed by atoms with Gasteiger partial charge in [0, 0.05) is 18.7 Å². The molecule has 0 radical (unpaired) electrons. The van der Waals surface area contributed by atoms with Crippen LogP contribution in [0.25, 0.3) is 0 Å². The summed E-state index contributed by atoms with van der Waals surface area (Å²) in [5, 5.41) is 12.1. The second-order valence-electron chi connectivity index (χ2n) is 4.34. The third-order valence-electron chi connectivity index (χ3n) is 2.87. The number of carboxylic acids is 1. The van der Waals surface area contributed by atoms with E-state index in [1.54, 1.807) is 6.92 Å². The molecule has 2 rings (SSSR count). The van der Waals surface area contributed by atoms with Gasteiger partial charge in [-0.15, -0.1) is 0 Å². The normalized spacial score (nSPS) is 22.2. The molecule has 0 bridgehead atoms. The smallest absolute Gasteiger partial charge is 0.374 e. The summed E-state index contributed by atoms with van der Waals surface area (Å²) in [6.45, 7) is 1.68. The Morgan fingerprint density at radius 3 is 2.74 bits per heavy atom. The highest BCUT2D eigenvalue weighted by Gasteiger charge is 2.33. The highest BCUT2D eigenvalue weighted by atomic mass is 32.2. The molecule has 1 N–H and O–H groups in total. The summed E-state index contributed by atoms with van der Waals surface area (Å²) in [4.78, 5) is 24.0. The van der Waals surface area contributed by atoms with Crippen LogP contribution in [0, 0.1) is 0 Å². The van der Waals surface area contributed by atoms with Crippen LogP contribution in [-0.2, 0) is 9.84 Å². The molecule has 1 saturated heterocycles. The molecule has 0 aliphatic carbocycles. The van der Waals surface area contributed by atoms with Gasteiger partial charge in [-0.05, 0) is 6.92 Å². The molecule has 2 heterocycles. The first-order chi connectivity index (χ1) is 8.80. The van der Waals surface area contributed by atoms with Crippen molar-refractivity contribution in [1.29, 1.82) is 0 Å². The number of aromatic carboxylic acids is 1. The maximum atomic E-state index is 12.1. The molecule has 104 valence electrons. The van der Waals surface area contributed by atoms with E-state index in [9.17, 15) is 18.0 Å². The number of carbonyl (C=O) groups is 2. The summed E-state index contributed by atoms with van der Waals surface area (Å²) in [6, 6.07) is 0.553. The minimum Gasteiger partial charge on any atom is -0.475 e. The summed E-state index contributed by atoms with van der Waals surface area (Å²) < 4.78 is 27.3. The zero-order valence-electron chi connectivity index (χ0n) is 10.1. The van der Waals surface area contributed by atoms with E-state index in [2.05, 4.69) is 9.68 Å². The minimum atomic E-state index is -3.12. The lowest BCUT2D eigenvalue weighted by Crippen LogP contribution is -2.49. The van der Waals surface area contributed by atoms with Gasteiger partial charge in [0.1, 0.15) is 0 Å². The van der Waals surface area contributed by atoms with Gasteiger partial charge in [-0.1, -0.05) is 5.16 Å². The zero-order valence-corrected chi connectivity index (χ0v) is 10.9. The van der Waals surface area contributed by atoms with Crippen LogP contribution < -0.4 is 0 Å². The molecule has 19 heavy (non-hydrogen) atoms. The zero-order chi connectivity index (χ0) is 14.2. The largest absolute Gasteiger partial charge is 0.475 e. The quantitative estimate of drug-likeness (QED) is 0.788. The highest BCUT2D eigenvalue weighted by Crippen LogP contribution is 2.15. The lowest BCUT2D eigenvalue weighted by Gasteiger charge is -2.32. The molecule has 1 fully saturated rings. The molecular weight excluding hydrogens is 276 g/mol. The van der Waals surface area contributed by atoms with Gasteiger partial charge in [0.15, 0.2) is 15.5 Å². The van der Waals surface area contributed by atoms with Gasteiger partial charge in [0.05, 0.1) is 11.5 Å². The Hall–Kier alpha value is -1.90. The van der Waals surface area contributed by atoms with Gasteiger partial charge in [0.2, 0.25) is 5.76 Å². The molecule has 0 aromatic carbocycles. The summed E-state index contributed by atoms with van der Waals surface area (Å²) in [5.74, 6) is -2.49. The van der Waals surface area contributed by atoms with E-state index in [4.69, 9.17) is 5.11 Å². The standard InChI is InChI=1S/C10H12N2O6S/c1-6-5-19(16,17)3-2-12(6)9(13)7-4-8(10(14)15)18-11-7/h4,6H,2-3,5H2,1H3,(H,14,15). The molecule has 0 spiro atoms. The number of aromatic nitrogens is 1. The monoisotopic (exact) mass is 288 g/mol. The van der Waals surface area contributed by atoms with Crippen LogP contribution in [0.15, 0.2) is 10.6 Å². The molecular formula is C10H12N2O6S. The second-order valence-corrected chi connectivity index (χ2v) is 6.57. The Kier molecular flexibility index (Phi) is 3.31. The molecule has 1 atom stereocenters. The van der Waals surface area contributed by atoms with Crippen LogP contribution in [0.4, 0.5) is 0 Å². The predicted octanol–water partition coefficient (Wildman–Crippen LogP) is -0.368. The van der Waals surface area contributed by atoms with Crippen molar-refractivity contribution in [3.63, 3.8) is 0 Å². The highest BCUT2D eigenvalue weighted by molar-refractivity contribution is 7.91. The Morgan fingerprint density at radius 2 is 2.21 bits per heavy atom. The fourth-order valence-electron chi connectivity index (χ4n) is 1.92. The van der Waals surface area contributed by atoms with Crippen molar-refractivity contribution in [3.05, 3.63) is 17.5 Å². The molecule has 1 aliphatic heterocycles. The molecule has 1 aromatic heterocycles. The molecule has 0 saturated carbocycles. The fourth-order valence-corrected chi connectivity index (χ4v) is 3.48. The molecule has 1 unspecified atom stereocenters. The van der Waals surface area contributed by atoms with Crippen LogP contribution in [0.1, 0.15) is 28.0 Å². The number of hydrogen-bond acceptors (Lipinski definition) is 6. The van der Waals surface area contributed by atoms with Gasteiger partial charge in [0.25, 0.3) is 5.91 Å². The van der Waals surface area contributed by atoms with Crippen molar-refractivity contribution in [2.75, 3.05) is 18.1 Å². The lowest BCUT2D eigenvalue weighted by atomic mass is 10.2. The van der Waals surface area contributed by atoms with Crippen LogP contribution in [-0.4, -0.2) is 59.5 Å². The van der Waals surface area contributed by atoms with Crippen molar-refractivity contribution >= 4 is 21.7 Å². The van der Waals surface area contributed by atoms with Gasteiger partial charge in [-0.25, -0.2) is 13.2 Å². The van der Waals surface area contributed by atoms with E-state index in [1.807, 2.05) is 0 Å². The Balaban J connectivity index is 2.17. The summed E-state index contributed by atoms with van der Waals surface area (Å²) in [6.07, 6.45) is 0. The minimum absolute atomic E-state index is 0.0671. The first-order valence-corrected chi connectivity index (χ1v) is 7.34.